The van der Waals surface area contributed by atoms with E-state index in [-0.39, 0.29) is 0 Å². The Morgan fingerprint density at radius 3 is 2.76 bits per heavy atom. The van der Waals surface area contributed by atoms with E-state index in [0.29, 0.717) is 0 Å². The van der Waals surface area contributed by atoms with Gasteiger partial charge in [0.2, 0.25) is 0 Å². The number of furan rings is 1. The summed E-state index contributed by atoms with van der Waals surface area (Å²) in [7, 11) is 1.92. The van der Waals surface area contributed by atoms with Crippen LogP contribution in [0.5, 0.6) is 0 Å². The standard InChI is InChI=1S/C18H16N2O/c1-19-16-12-8-6-7-10-14(12)20-17-13-9-4-2-3-5-11-15(13)21-18(16)17/h4-11H,2-3H2,1H3,(H,19,20)/b9-4-,11-5-. The van der Waals surface area contributed by atoms with Crippen molar-refractivity contribution in [1.29, 1.82) is 0 Å². The highest BCUT2D eigenvalue weighted by atomic mass is 16.3. The summed E-state index contributed by atoms with van der Waals surface area (Å²) in [5, 5.41) is 4.36. The van der Waals surface area contributed by atoms with E-state index in [1.54, 1.807) is 0 Å². The molecule has 21 heavy (non-hydrogen) atoms. The lowest BCUT2D eigenvalue weighted by Gasteiger charge is -2.06. The largest absolute Gasteiger partial charge is 0.452 e. The van der Waals surface area contributed by atoms with Gasteiger partial charge in [0.05, 0.1) is 11.2 Å². The zero-order chi connectivity index (χ0) is 14.2. The maximum Gasteiger partial charge on any atom is 0.177 e. The van der Waals surface area contributed by atoms with Crippen LogP contribution in [-0.4, -0.2) is 12.0 Å². The van der Waals surface area contributed by atoms with Crippen molar-refractivity contribution in [3.8, 4) is 0 Å². The number of nitrogens with zero attached hydrogens (tertiary/aromatic N) is 1. The molecule has 0 saturated heterocycles. The van der Waals surface area contributed by atoms with Gasteiger partial charge in [-0.05, 0) is 25.0 Å². The number of hydrogen-bond acceptors (Lipinski definition) is 3. The first-order valence-electron chi connectivity index (χ1n) is 7.24. The topological polar surface area (TPSA) is 38.1 Å². The molecule has 3 aromatic rings. The second-order valence-corrected chi connectivity index (χ2v) is 5.19. The molecule has 0 radical (unpaired) electrons. The Morgan fingerprint density at radius 1 is 1.10 bits per heavy atom. The molecule has 0 bridgehead atoms. The fraction of sp³-hybridized carbons (Fsp3) is 0.167. The van der Waals surface area contributed by atoms with Gasteiger partial charge in [0, 0.05) is 18.0 Å². The molecule has 3 nitrogen and oxygen atoms in total. The molecule has 0 spiro atoms. The summed E-state index contributed by atoms with van der Waals surface area (Å²) in [6.45, 7) is 0. The molecular weight excluding hydrogens is 260 g/mol. The Kier molecular flexibility index (Phi) is 2.78. The Bertz CT molecular complexity index is 887. The highest BCUT2D eigenvalue weighted by molar-refractivity contribution is 6.07. The molecule has 1 aromatic carbocycles. The molecule has 3 heteroatoms. The lowest BCUT2D eigenvalue weighted by molar-refractivity contribution is 0.604. The smallest absolute Gasteiger partial charge is 0.177 e. The highest BCUT2D eigenvalue weighted by Crippen LogP contribution is 2.36. The van der Waals surface area contributed by atoms with Crippen LogP contribution in [0.25, 0.3) is 34.2 Å². The van der Waals surface area contributed by atoms with E-state index in [2.05, 4.69) is 35.7 Å². The lowest BCUT2D eigenvalue weighted by Crippen LogP contribution is -1.92. The first-order chi connectivity index (χ1) is 10.4. The summed E-state index contributed by atoms with van der Waals surface area (Å²) in [5.41, 5.74) is 4.82. The average molecular weight is 276 g/mol. The average Bonchev–Trinajstić information content (AvgIpc) is 2.81. The summed E-state index contributed by atoms with van der Waals surface area (Å²) < 4.78 is 6.09. The number of fused-ring (bicyclic) bond motifs is 4. The molecule has 1 aliphatic rings. The molecule has 0 amide bonds. The van der Waals surface area contributed by atoms with Crippen molar-refractivity contribution in [1.82, 2.24) is 4.98 Å². The lowest BCUT2D eigenvalue weighted by atomic mass is 10.1. The second kappa shape index (κ2) is 4.77. The Hall–Kier alpha value is -2.55. The van der Waals surface area contributed by atoms with Crippen LogP contribution in [-0.2, 0) is 0 Å². The number of rotatable bonds is 1. The van der Waals surface area contributed by atoms with Crippen LogP contribution in [0.4, 0.5) is 5.69 Å². The molecule has 0 saturated carbocycles. The zero-order valence-corrected chi connectivity index (χ0v) is 11.9. The Morgan fingerprint density at radius 2 is 1.90 bits per heavy atom. The van der Waals surface area contributed by atoms with E-state index in [9.17, 15) is 0 Å². The van der Waals surface area contributed by atoms with E-state index in [4.69, 9.17) is 9.40 Å². The third-order valence-corrected chi connectivity index (χ3v) is 3.88. The van der Waals surface area contributed by atoms with Gasteiger partial charge >= 0.3 is 0 Å². The quantitative estimate of drug-likeness (QED) is 0.691. The number of aromatic nitrogens is 1. The third kappa shape index (κ3) is 1.85. The van der Waals surface area contributed by atoms with Crippen LogP contribution in [0.2, 0.25) is 0 Å². The van der Waals surface area contributed by atoms with Gasteiger partial charge in [-0.2, -0.15) is 0 Å². The molecule has 2 aromatic heterocycles. The predicted octanol–water partition coefficient (Wildman–Crippen LogP) is 4.84. The van der Waals surface area contributed by atoms with E-state index in [0.717, 1.165) is 51.9 Å². The molecule has 0 aliphatic heterocycles. The molecule has 4 rings (SSSR count). The van der Waals surface area contributed by atoms with Crippen molar-refractivity contribution in [3.05, 3.63) is 47.7 Å². The zero-order valence-electron chi connectivity index (χ0n) is 11.9. The number of anilines is 1. The number of para-hydroxylation sites is 1. The summed E-state index contributed by atoms with van der Waals surface area (Å²) >= 11 is 0. The van der Waals surface area contributed by atoms with Gasteiger partial charge in [0.15, 0.2) is 5.58 Å². The maximum absolute atomic E-state index is 6.09. The summed E-state index contributed by atoms with van der Waals surface area (Å²) in [6.07, 6.45) is 10.6. The van der Waals surface area contributed by atoms with E-state index >= 15 is 0 Å². The number of hydrogen-bond donors (Lipinski definition) is 1. The molecular formula is C18H16N2O. The Labute approximate surface area is 123 Å². The van der Waals surface area contributed by atoms with Gasteiger partial charge in [-0.1, -0.05) is 36.4 Å². The van der Waals surface area contributed by atoms with Crippen LogP contribution in [0.1, 0.15) is 24.2 Å². The van der Waals surface area contributed by atoms with Crippen molar-refractivity contribution in [3.63, 3.8) is 0 Å². The van der Waals surface area contributed by atoms with Crippen LogP contribution < -0.4 is 5.32 Å². The van der Waals surface area contributed by atoms with E-state index in [1.165, 1.54) is 0 Å². The van der Waals surface area contributed by atoms with E-state index in [1.807, 2.05) is 25.2 Å². The van der Waals surface area contributed by atoms with Crippen LogP contribution >= 0.6 is 0 Å². The molecule has 2 heterocycles. The van der Waals surface area contributed by atoms with Gasteiger partial charge in [0.1, 0.15) is 11.3 Å². The van der Waals surface area contributed by atoms with Gasteiger partial charge < -0.3 is 9.73 Å². The van der Waals surface area contributed by atoms with Gasteiger partial charge in [-0.3, -0.25) is 0 Å². The van der Waals surface area contributed by atoms with Crippen molar-refractivity contribution < 1.29 is 4.42 Å². The normalized spacial score (nSPS) is 17.2. The van der Waals surface area contributed by atoms with Crippen LogP contribution in [0.15, 0.2) is 40.8 Å². The fourth-order valence-electron chi connectivity index (χ4n) is 2.88. The van der Waals surface area contributed by atoms with Gasteiger partial charge in [-0.15, -0.1) is 0 Å². The van der Waals surface area contributed by atoms with Crippen molar-refractivity contribution in [2.45, 2.75) is 12.8 Å². The molecule has 0 unspecified atom stereocenters. The predicted molar refractivity (Wildman–Crippen MR) is 88.4 cm³/mol. The van der Waals surface area contributed by atoms with Gasteiger partial charge in [-0.25, -0.2) is 4.98 Å². The molecule has 1 aliphatic carbocycles. The number of pyridine rings is 1. The molecule has 0 atom stereocenters. The van der Waals surface area contributed by atoms with Crippen molar-refractivity contribution in [2.24, 2.45) is 0 Å². The van der Waals surface area contributed by atoms with Crippen LogP contribution in [0.3, 0.4) is 0 Å². The maximum atomic E-state index is 6.09. The first-order valence-corrected chi connectivity index (χ1v) is 7.24. The highest BCUT2D eigenvalue weighted by Gasteiger charge is 2.17. The van der Waals surface area contributed by atoms with Crippen molar-refractivity contribution in [2.75, 3.05) is 12.4 Å². The van der Waals surface area contributed by atoms with Crippen molar-refractivity contribution >= 4 is 39.8 Å². The van der Waals surface area contributed by atoms with E-state index < -0.39 is 0 Å². The number of allylic oxidation sites excluding steroid dienone is 2. The molecule has 1 N–H and O–H groups in total. The number of nitrogens with one attached hydrogen (secondary N) is 1. The number of benzene rings is 1. The van der Waals surface area contributed by atoms with Crippen LogP contribution in [0, 0.1) is 0 Å². The first kappa shape index (κ1) is 12.2. The second-order valence-electron chi connectivity index (χ2n) is 5.19. The minimum atomic E-state index is 0.831. The summed E-state index contributed by atoms with van der Waals surface area (Å²) in [4.78, 5) is 4.81. The minimum absolute atomic E-state index is 0.831. The molecule has 104 valence electrons. The SMILES string of the molecule is CNc1c2ccccc2nc2c3c(oc12)/C=C\CC/C=C\3. The van der Waals surface area contributed by atoms with Gasteiger partial charge in [0.25, 0.3) is 0 Å². The Balaban J connectivity index is 2.16. The third-order valence-electron chi connectivity index (χ3n) is 3.88. The monoisotopic (exact) mass is 276 g/mol. The summed E-state index contributed by atoms with van der Waals surface area (Å²) in [6, 6.07) is 8.15. The summed E-state index contributed by atoms with van der Waals surface area (Å²) in [5.74, 6) is 0.889. The molecule has 0 fully saturated rings. The fourth-order valence-corrected chi connectivity index (χ4v) is 2.88. The minimum Gasteiger partial charge on any atom is -0.452 e.